The van der Waals surface area contributed by atoms with Crippen molar-refractivity contribution in [2.75, 3.05) is 19.6 Å². The highest BCUT2D eigenvalue weighted by Crippen LogP contribution is 2.31. The maximum atomic E-state index is 13.1. The number of carbonyl (C=O) groups is 2. The van der Waals surface area contributed by atoms with E-state index < -0.39 is 0 Å². The number of carbonyl (C=O) groups excluding carboxylic acids is 2. The minimum absolute atomic E-state index is 0.0244. The first-order valence-corrected chi connectivity index (χ1v) is 10.7. The minimum atomic E-state index is -0.293. The molecule has 0 saturated carbocycles. The third kappa shape index (κ3) is 5.27. The molecule has 160 valence electrons. The third-order valence-corrected chi connectivity index (χ3v) is 5.36. The summed E-state index contributed by atoms with van der Waals surface area (Å²) in [7, 11) is 0. The van der Waals surface area contributed by atoms with Crippen molar-refractivity contribution in [2.24, 2.45) is 0 Å². The second-order valence-electron chi connectivity index (χ2n) is 7.38. The number of benzene rings is 1. The number of hydrogen-bond acceptors (Lipinski definition) is 5. The van der Waals surface area contributed by atoms with E-state index in [0.29, 0.717) is 36.2 Å². The molecule has 3 rings (SSSR count). The molecule has 0 radical (unpaired) electrons. The standard InChI is InChI=1S/C22H27ClN4O3/c1-3-8-19(28)26(12-4-2)15-20(29)27-13-6-5-11-18(27)22-24-21(25-30-22)16-9-7-10-17(23)14-16/h4,7,9-10,14,18H,2-3,5-6,8,11-13,15H2,1H3. The van der Waals surface area contributed by atoms with Crippen molar-refractivity contribution in [3.8, 4) is 11.4 Å². The molecular weight excluding hydrogens is 404 g/mol. The second kappa shape index (κ2) is 10.4. The number of aromatic nitrogens is 2. The molecule has 8 heteroatoms. The van der Waals surface area contributed by atoms with Crippen LogP contribution in [0.1, 0.15) is 51.0 Å². The predicted octanol–water partition coefficient (Wildman–Crippen LogP) is 4.26. The van der Waals surface area contributed by atoms with Crippen LogP contribution in [0.3, 0.4) is 0 Å². The molecule has 0 N–H and O–H groups in total. The van der Waals surface area contributed by atoms with Crippen molar-refractivity contribution in [2.45, 2.75) is 45.1 Å². The molecule has 0 aliphatic carbocycles. The Morgan fingerprint density at radius 3 is 2.97 bits per heavy atom. The average Bonchev–Trinajstić information content (AvgIpc) is 3.24. The zero-order chi connectivity index (χ0) is 21.5. The zero-order valence-corrected chi connectivity index (χ0v) is 18.0. The van der Waals surface area contributed by atoms with Gasteiger partial charge >= 0.3 is 0 Å². The molecule has 1 saturated heterocycles. The summed E-state index contributed by atoms with van der Waals surface area (Å²) in [6, 6.07) is 6.94. The Bertz CT molecular complexity index is 898. The first-order valence-electron chi connectivity index (χ1n) is 10.3. The van der Waals surface area contributed by atoms with E-state index in [1.807, 2.05) is 19.1 Å². The Balaban J connectivity index is 1.77. The SMILES string of the molecule is C=CCN(CC(=O)N1CCCCC1c1nc(-c2cccc(Cl)c2)no1)C(=O)CCC. The van der Waals surface area contributed by atoms with Crippen LogP contribution < -0.4 is 0 Å². The maximum absolute atomic E-state index is 13.1. The van der Waals surface area contributed by atoms with E-state index in [9.17, 15) is 9.59 Å². The Hall–Kier alpha value is -2.67. The first kappa shape index (κ1) is 22.0. The molecule has 1 unspecified atom stereocenters. The van der Waals surface area contributed by atoms with Crippen LogP contribution in [0.15, 0.2) is 41.4 Å². The maximum Gasteiger partial charge on any atom is 0.249 e. The van der Waals surface area contributed by atoms with Crippen LogP contribution in [-0.2, 0) is 9.59 Å². The van der Waals surface area contributed by atoms with Crippen LogP contribution in [0.25, 0.3) is 11.4 Å². The lowest BCUT2D eigenvalue weighted by atomic mass is 10.0. The molecule has 2 amide bonds. The van der Waals surface area contributed by atoms with Gasteiger partial charge in [0.15, 0.2) is 0 Å². The molecule has 2 aromatic rings. The van der Waals surface area contributed by atoms with E-state index in [0.717, 1.165) is 31.2 Å². The quantitative estimate of drug-likeness (QED) is 0.584. The van der Waals surface area contributed by atoms with Gasteiger partial charge in [0.25, 0.3) is 0 Å². The van der Waals surface area contributed by atoms with E-state index >= 15 is 0 Å². The summed E-state index contributed by atoms with van der Waals surface area (Å²) in [5.41, 5.74) is 0.758. The fourth-order valence-electron chi connectivity index (χ4n) is 3.64. The van der Waals surface area contributed by atoms with Crippen molar-refractivity contribution < 1.29 is 14.1 Å². The van der Waals surface area contributed by atoms with Gasteiger partial charge in [-0.2, -0.15) is 4.98 Å². The highest BCUT2D eigenvalue weighted by Gasteiger charge is 2.33. The molecule has 1 aliphatic rings. The van der Waals surface area contributed by atoms with Gasteiger partial charge in [0, 0.05) is 30.1 Å². The van der Waals surface area contributed by atoms with E-state index in [2.05, 4.69) is 16.7 Å². The largest absolute Gasteiger partial charge is 0.337 e. The predicted molar refractivity (Wildman–Crippen MR) is 115 cm³/mol. The van der Waals surface area contributed by atoms with Gasteiger partial charge in [-0.05, 0) is 37.8 Å². The molecule has 1 atom stereocenters. The second-order valence-corrected chi connectivity index (χ2v) is 7.81. The van der Waals surface area contributed by atoms with Gasteiger partial charge in [0.1, 0.15) is 12.6 Å². The highest BCUT2D eigenvalue weighted by atomic mass is 35.5. The van der Waals surface area contributed by atoms with Crippen molar-refractivity contribution in [1.29, 1.82) is 0 Å². The summed E-state index contributed by atoms with van der Waals surface area (Å²) in [4.78, 5) is 33.3. The lowest BCUT2D eigenvalue weighted by Crippen LogP contribution is -2.46. The van der Waals surface area contributed by atoms with Gasteiger partial charge in [0.05, 0.1) is 0 Å². The number of hydrogen-bond donors (Lipinski definition) is 0. The lowest BCUT2D eigenvalue weighted by molar-refractivity contribution is -0.143. The van der Waals surface area contributed by atoms with Gasteiger partial charge in [-0.3, -0.25) is 9.59 Å². The van der Waals surface area contributed by atoms with Crippen LogP contribution in [0.4, 0.5) is 0 Å². The van der Waals surface area contributed by atoms with Crippen molar-refractivity contribution in [3.63, 3.8) is 0 Å². The molecule has 0 bridgehead atoms. The summed E-state index contributed by atoms with van der Waals surface area (Å²) < 4.78 is 5.52. The van der Waals surface area contributed by atoms with Crippen molar-refractivity contribution in [1.82, 2.24) is 19.9 Å². The summed E-state index contributed by atoms with van der Waals surface area (Å²) in [6.07, 6.45) is 5.41. The fourth-order valence-corrected chi connectivity index (χ4v) is 3.83. The summed E-state index contributed by atoms with van der Waals surface area (Å²) in [5.74, 6) is 0.693. The number of amides is 2. The summed E-state index contributed by atoms with van der Waals surface area (Å²) in [6.45, 7) is 6.62. The fraction of sp³-hybridized carbons (Fsp3) is 0.455. The van der Waals surface area contributed by atoms with E-state index in [1.54, 1.807) is 28.0 Å². The van der Waals surface area contributed by atoms with E-state index in [-0.39, 0.29) is 24.4 Å². The summed E-state index contributed by atoms with van der Waals surface area (Å²) >= 11 is 6.06. The Morgan fingerprint density at radius 2 is 2.23 bits per heavy atom. The van der Waals surface area contributed by atoms with E-state index in [4.69, 9.17) is 16.1 Å². The Morgan fingerprint density at radius 1 is 1.40 bits per heavy atom. The smallest absolute Gasteiger partial charge is 0.249 e. The van der Waals surface area contributed by atoms with Crippen LogP contribution in [-0.4, -0.2) is 51.4 Å². The van der Waals surface area contributed by atoms with Gasteiger partial charge < -0.3 is 14.3 Å². The average molecular weight is 431 g/mol. The topological polar surface area (TPSA) is 79.5 Å². The number of likely N-dealkylation sites (tertiary alicyclic amines) is 1. The summed E-state index contributed by atoms with van der Waals surface area (Å²) in [5, 5.41) is 4.67. The number of piperidine rings is 1. The minimum Gasteiger partial charge on any atom is -0.337 e. The zero-order valence-electron chi connectivity index (χ0n) is 17.2. The van der Waals surface area contributed by atoms with Crippen molar-refractivity contribution in [3.05, 3.63) is 47.8 Å². The van der Waals surface area contributed by atoms with E-state index in [1.165, 1.54) is 0 Å². The highest BCUT2D eigenvalue weighted by molar-refractivity contribution is 6.30. The molecule has 2 heterocycles. The Kier molecular flexibility index (Phi) is 7.63. The van der Waals surface area contributed by atoms with Gasteiger partial charge in [-0.15, -0.1) is 6.58 Å². The Labute approximate surface area is 181 Å². The number of nitrogens with zero attached hydrogens (tertiary/aromatic N) is 4. The normalized spacial score (nSPS) is 16.3. The van der Waals surface area contributed by atoms with Crippen LogP contribution in [0, 0.1) is 0 Å². The molecule has 1 aromatic heterocycles. The van der Waals surface area contributed by atoms with Gasteiger partial charge in [-0.1, -0.05) is 41.9 Å². The van der Waals surface area contributed by atoms with Gasteiger partial charge in [-0.25, -0.2) is 0 Å². The van der Waals surface area contributed by atoms with Crippen LogP contribution in [0.5, 0.6) is 0 Å². The molecule has 1 fully saturated rings. The molecule has 30 heavy (non-hydrogen) atoms. The molecule has 1 aromatic carbocycles. The molecule has 7 nitrogen and oxygen atoms in total. The number of rotatable bonds is 8. The van der Waals surface area contributed by atoms with Crippen LogP contribution >= 0.6 is 11.6 Å². The first-order chi connectivity index (χ1) is 14.5. The van der Waals surface area contributed by atoms with Crippen LogP contribution in [0.2, 0.25) is 5.02 Å². The third-order valence-electron chi connectivity index (χ3n) is 5.12. The lowest BCUT2D eigenvalue weighted by Gasteiger charge is -2.35. The number of halogens is 1. The monoisotopic (exact) mass is 430 g/mol. The van der Waals surface area contributed by atoms with Crippen molar-refractivity contribution >= 4 is 23.4 Å². The molecular formula is C22H27ClN4O3. The molecule has 1 aliphatic heterocycles. The van der Waals surface area contributed by atoms with Gasteiger partial charge in [0.2, 0.25) is 23.5 Å². The molecule has 0 spiro atoms.